The van der Waals surface area contributed by atoms with Gasteiger partial charge < -0.3 is 4.90 Å². The topological polar surface area (TPSA) is 3.24 Å². The van der Waals surface area contributed by atoms with E-state index in [1.54, 1.807) is 0 Å². The first kappa shape index (κ1) is 18.2. The molecular weight excluding hydrogens is 242 g/mol. The summed E-state index contributed by atoms with van der Waals surface area (Å²) >= 11 is 0. The van der Waals surface area contributed by atoms with E-state index in [1.165, 1.54) is 83.7 Å². The Bertz CT molecular complexity index is 170. The molecule has 1 heterocycles. The molecule has 1 unspecified atom stereocenters. The fourth-order valence-electron chi connectivity index (χ4n) is 3.11. The summed E-state index contributed by atoms with van der Waals surface area (Å²) in [5.74, 6) is 0. The van der Waals surface area contributed by atoms with Crippen LogP contribution in [0.4, 0.5) is 0 Å². The van der Waals surface area contributed by atoms with E-state index in [2.05, 4.69) is 18.7 Å². The van der Waals surface area contributed by atoms with Crippen molar-refractivity contribution in [2.45, 2.75) is 90.5 Å². The SMILES string of the molecule is CCCCCCCCN1CCCCC1CCC.Cl. The molecule has 1 atom stereocenters. The van der Waals surface area contributed by atoms with Crippen molar-refractivity contribution in [3.8, 4) is 0 Å². The Hall–Kier alpha value is 0.250. The van der Waals surface area contributed by atoms with Gasteiger partial charge in [0, 0.05) is 6.04 Å². The fourth-order valence-corrected chi connectivity index (χ4v) is 3.11. The summed E-state index contributed by atoms with van der Waals surface area (Å²) in [6.45, 7) is 7.37. The number of likely N-dealkylation sites (tertiary alicyclic amines) is 1. The van der Waals surface area contributed by atoms with Crippen LogP contribution in [0.1, 0.15) is 84.5 Å². The van der Waals surface area contributed by atoms with Crippen molar-refractivity contribution in [2.75, 3.05) is 13.1 Å². The molecule has 2 heteroatoms. The summed E-state index contributed by atoms with van der Waals surface area (Å²) in [4.78, 5) is 2.78. The minimum Gasteiger partial charge on any atom is -0.300 e. The zero-order valence-electron chi connectivity index (χ0n) is 12.6. The van der Waals surface area contributed by atoms with E-state index in [9.17, 15) is 0 Å². The number of rotatable bonds is 9. The van der Waals surface area contributed by atoms with Crippen molar-refractivity contribution < 1.29 is 0 Å². The average molecular weight is 276 g/mol. The van der Waals surface area contributed by atoms with E-state index in [-0.39, 0.29) is 12.4 Å². The number of piperidine rings is 1. The van der Waals surface area contributed by atoms with E-state index in [4.69, 9.17) is 0 Å². The molecule has 0 aromatic carbocycles. The summed E-state index contributed by atoms with van der Waals surface area (Å²) in [5.41, 5.74) is 0. The van der Waals surface area contributed by atoms with Crippen molar-refractivity contribution in [1.82, 2.24) is 4.90 Å². The highest BCUT2D eigenvalue weighted by molar-refractivity contribution is 5.85. The number of halogens is 1. The van der Waals surface area contributed by atoms with Gasteiger partial charge in [0.1, 0.15) is 0 Å². The summed E-state index contributed by atoms with van der Waals surface area (Å²) < 4.78 is 0. The Balaban J connectivity index is 0.00000289. The second-order valence-electron chi connectivity index (χ2n) is 5.74. The molecule has 0 saturated carbocycles. The lowest BCUT2D eigenvalue weighted by Gasteiger charge is -2.35. The van der Waals surface area contributed by atoms with E-state index in [0.29, 0.717) is 0 Å². The maximum atomic E-state index is 2.78. The Labute approximate surface area is 121 Å². The van der Waals surface area contributed by atoms with Crippen LogP contribution in [-0.4, -0.2) is 24.0 Å². The molecule has 1 nitrogen and oxygen atoms in total. The predicted octanol–water partition coefficient (Wildman–Crippen LogP) is 5.42. The number of nitrogens with zero attached hydrogens (tertiary/aromatic N) is 1. The first-order valence-corrected chi connectivity index (χ1v) is 8.12. The van der Waals surface area contributed by atoms with Gasteiger partial charge in [0.15, 0.2) is 0 Å². The Kier molecular flexibility index (Phi) is 12.5. The molecule has 0 aromatic rings. The van der Waals surface area contributed by atoms with Gasteiger partial charge in [0.05, 0.1) is 0 Å². The van der Waals surface area contributed by atoms with Gasteiger partial charge in [-0.2, -0.15) is 0 Å². The number of hydrogen-bond acceptors (Lipinski definition) is 1. The van der Waals surface area contributed by atoms with Crippen molar-refractivity contribution in [1.29, 1.82) is 0 Å². The minimum atomic E-state index is 0. The summed E-state index contributed by atoms with van der Waals surface area (Å²) in [5, 5.41) is 0. The fraction of sp³-hybridized carbons (Fsp3) is 1.00. The van der Waals surface area contributed by atoms with Crippen LogP contribution >= 0.6 is 12.4 Å². The predicted molar refractivity (Wildman–Crippen MR) is 84.7 cm³/mol. The quantitative estimate of drug-likeness (QED) is 0.508. The van der Waals surface area contributed by atoms with E-state index < -0.39 is 0 Å². The van der Waals surface area contributed by atoms with Crippen LogP contribution < -0.4 is 0 Å². The summed E-state index contributed by atoms with van der Waals surface area (Å²) in [6, 6.07) is 0.921. The largest absolute Gasteiger partial charge is 0.300 e. The van der Waals surface area contributed by atoms with E-state index in [1.807, 2.05) is 0 Å². The van der Waals surface area contributed by atoms with Crippen LogP contribution in [0, 0.1) is 0 Å². The third-order valence-electron chi connectivity index (χ3n) is 4.17. The van der Waals surface area contributed by atoms with Gasteiger partial charge in [-0.25, -0.2) is 0 Å². The zero-order chi connectivity index (χ0) is 12.3. The van der Waals surface area contributed by atoms with Crippen LogP contribution in [0.5, 0.6) is 0 Å². The van der Waals surface area contributed by atoms with Gasteiger partial charge in [-0.3, -0.25) is 0 Å². The van der Waals surface area contributed by atoms with E-state index in [0.717, 1.165) is 6.04 Å². The molecule has 0 aromatic heterocycles. The number of unbranched alkanes of at least 4 members (excludes halogenated alkanes) is 5. The highest BCUT2D eigenvalue weighted by Gasteiger charge is 2.20. The Morgan fingerprint density at radius 3 is 2.33 bits per heavy atom. The molecule has 1 aliphatic rings. The molecule has 0 spiro atoms. The molecular formula is C16H34ClN. The van der Waals surface area contributed by atoms with Crippen molar-refractivity contribution in [3.05, 3.63) is 0 Å². The number of hydrogen-bond donors (Lipinski definition) is 0. The molecule has 0 radical (unpaired) electrons. The molecule has 110 valence electrons. The lowest BCUT2D eigenvalue weighted by Crippen LogP contribution is -2.39. The Morgan fingerprint density at radius 2 is 1.61 bits per heavy atom. The third-order valence-corrected chi connectivity index (χ3v) is 4.17. The molecule has 1 fully saturated rings. The molecule has 0 N–H and O–H groups in total. The molecule has 18 heavy (non-hydrogen) atoms. The molecule has 0 bridgehead atoms. The molecule has 0 amide bonds. The zero-order valence-corrected chi connectivity index (χ0v) is 13.4. The average Bonchev–Trinajstić information content (AvgIpc) is 2.36. The van der Waals surface area contributed by atoms with Gasteiger partial charge in [-0.1, -0.05) is 58.8 Å². The van der Waals surface area contributed by atoms with Gasteiger partial charge in [0.2, 0.25) is 0 Å². The van der Waals surface area contributed by atoms with Crippen LogP contribution in [0.25, 0.3) is 0 Å². The molecule has 1 saturated heterocycles. The van der Waals surface area contributed by atoms with Crippen LogP contribution in [-0.2, 0) is 0 Å². The smallest absolute Gasteiger partial charge is 0.00951 e. The lowest BCUT2D eigenvalue weighted by molar-refractivity contribution is 0.137. The van der Waals surface area contributed by atoms with Crippen molar-refractivity contribution in [3.63, 3.8) is 0 Å². The highest BCUT2D eigenvalue weighted by Crippen LogP contribution is 2.21. The van der Waals surface area contributed by atoms with Crippen molar-refractivity contribution >= 4 is 12.4 Å². The maximum absolute atomic E-state index is 2.78. The van der Waals surface area contributed by atoms with Crippen molar-refractivity contribution in [2.24, 2.45) is 0 Å². The maximum Gasteiger partial charge on any atom is 0.00951 e. The van der Waals surface area contributed by atoms with Gasteiger partial charge in [-0.15, -0.1) is 12.4 Å². The summed E-state index contributed by atoms with van der Waals surface area (Å²) in [7, 11) is 0. The second-order valence-corrected chi connectivity index (χ2v) is 5.74. The first-order valence-electron chi connectivity index (χ1n) is 8.12. The van der Waals surface area contributed by atoms with Crippen LogP contribution in [0.2, 0.25) is 0 Å². The van der Waals surface area contributed by atoms with Gasteiger partial charge >= 0.3 is 0 Å². The first-order chi connectivity index (χ1) is 8.38. The standard InChI is InChI=1S/C16H33N.ClH/c1-3-5-6-7-8-10-14-17-15-11-9-13-16(17)12-4-2;/h16H,3-15H2,1-2H3;1H. The third kappa shape index (κ3) is 7.63. The second kappa shape index (κ2) is 12.3. The molecule has 1 aliphatic heterocycles. The monoisotopic (exact) mass is 275 g/mol. The van der Waals surface area contributed by atoms with Crippen LogP contribution in [0.15, 0.2) is 0 Å². The van der Waals surface area contributed by atoms with Gasteiger partial charge in [0.25, 0.3) is 0 Å². The van der Waals surface area contributed by atoms with E-state index >= 15 is 0 Å². The van der Waals surface area contributed by atoms with Crippen LogP contribution in [0.3, 0.4) is 0 Å². The molecule has 0 aliphatic carbocycles. The normalized spacial score (nSPS) is 20.7. The lowest BCUT2D eigenvalue weighted by atomic mass is 9.98. The van der Waals surface area contributed by atoms with Gasteiger partial charge in [-0.05, 0) is 38.8 Å². The minimum absolute atomic E-state index is 0. The summed E-state index contributed by atoms with van der Waals surface area (Å²) in [6.07, 6.45) is 15.8. The highest BCUT2D eigenvalue weighted by atomic mass is 35.5. The Morgan fingerprint density at radius 1 is 0.889 bits per heavy atom. The molecule has 1 rings (SSSR count).